The second-order valence-corrected chi connectivity index (χ2v) is 4.92. The fourth-order valence-corrected chi connectivity index (χ4v) is 2.24. The van der Waals surface area contributed by atoms with Crippen LogP contribution in [0.3, 0.4) is 0 Å². The number of rotatable bonds is 5. The van der Waals surface area contributed by atoms with Gasteiger partial charge in [0.2, 0.25) is 0 Å². The molecule has 0 amide bonds. The average Bonchev–Trinajstić information content (AvgIpc) is 2.83. The number of benzene rings is 1. The molecular formula is C14H23N3. The van der Waals surface area contributed by atoms with Crippen molar-refractivity contribution in [1.82, 2.24) is 4.90 Å². The molecule has 1 heterocycles. The molecule has 2 rings (SSSR count). The Morgan fingerprint density at radius 1 is 1.12 bits per heavy atom. The van der Waals surface area contributed by atoms with Crippen LogP contribution in [0.2, 0.25) is 0 Å². The van der Waals surface area contributed by atoms with Gasteiger partial charge in [-0.05, 0) is 50.2 Å². The van der Waals surface area contributed by atoms with Crippen LogP contribution < -0.4 is 10.2 Å². The zero-order valence-corrected chi connectivity index (χ0v) is 10.9. The lowest BCUT2D eigenvalue weighted by molar-refractivity contribution is 0.352. The molecule has 0 atom stereocenters. The minimum Gasteiger partial charge on any atom is -0.384 e. The van der Waals surface area contributed by atoms with Crippen LogP contribution >= 0.6 is 0 Å². The molecule has 3 nitrogen and oxygen atoms in total. The average molecular weight is 233 g/mol. The predicted octanol–water partition coefficient (Wildman–Crippen LogP) is 2.26. The van der Waals surface area contributed by atoms with E-state index in [1.807, 2.05) is 0 Å². The Hall–Kier alpha value is -1.22. The van der Waals surface area contributed by atoms with Crippen molar-refractivity contribution in [2.45, 2.75) is 12.8 Å². The first-order valence-corrected chi connectivity index (χ1v) is 6.49. The van der Waals surface area contributed by atoms with Gasteiger partial charge in [-0.25, -0.2) is 0 Å². The summed E-state index contributed by atoms with van der Waals surface area (Å²) in [5.41, 5.74) is 2.46. The highest BCUT2D eigenvalue weighted by atomic mass is 15.1. The van der Waals surface area contributed by atoms with E-state index in [0.717, 1.165) is 13.1 Å². The summed E-state index contributed by atoms with van der Waals surface area (Å²) in [5, 5.41) is 3.48. The molecule has 0 bridgehead atoms. The van der Waals surface area contributed by atoms with Crippen molar-refractivity contribution >= 4 is 11.4 Å². The van der Waals surface area contributed by atoms with Crippen molar-refractivity contribution in [3.8, 4) is 0 Å². The summed E-state index contributed by atoms with van der Waals surface area (Å²) in [6.07, 6.45) is 2.75. The van der Waals surface area contributed by atoms with Gasteiger partial charge in [0, 0.05) is 38.6 Å². The molecule has 1 fully saturated rings. The van der Waals surface area contributed by atoms with Crippen molar-refractivity contribution < 1.29 is 0 Å². The van der Waals surface area contributed by atoms with Crippen LogP contribution in [0.5, 0.6) is 0 Å². The highest BCUT2D eigenvalue weighted by Crippen LogP contribution is 2.15. The van der Waals surface area contributed by atoms with Gasteiger partial charge in [-0.3, -0.25) is 0 Å². The monoisotopic (exact) mass is 233 g/mol. The van der Waals surface area contributed by atoms with Crippen LogP contribution in [0.25, 0.3) is 0 Å². The predicted molar refractivity (Wildman–Crippen MR) is 74.9 cm³/mol. The van der Waals surface area contributed by atoms with E-state index < -0.39 is 0 Å². The van der Waals surface area contributed by atoms with Crippen LogP contribution in [-0.2, 0) is 0 Å². The van der Waals surface area contributed by atoms with E-state index in [1.165, 1.54) is 37.3 Å². The Bertz CT molecular complexity index is 326. The minimum atomic E-state index is 1.04. The van der Waals surface area contributed by atoms with E-state index in [1.54, 1.807) is 0 Å². The van der Waals surface area contributed by atoms with Gasteiger partial charge in [0.05, 0.1) is 0 Å². The van der Waals surface area contributed by atoms with Gasteiger partial charge in [-0.15, -0.1) is 0 Å². The SMILES string of the molecule is CN(C)c1ccc(NCCN2CCCC2)cc1. The number of anilines is 2. The lowest BCUT2D eigenvalue weighted by Crippen LogP contribution is -2.25. The summed E-state index contributed by atoms with van der Waals surface area (Å²) >= 11 is 0. The zero-order valence-electron chi connectivity index (χ0n) is 10.9. The molecule has 0 aliphatic carbocycles. The van der Waals surface area contributed by atoms with Crippen LogP contribution in [0, 0.1) is 0 Å². The Kier molecular flexibility index (Phi) is 4.26. The molecule has 1 aliphatic heterocycles. The van der Waals surface area contributed by atoms with E-state index >= 15 is 0 Å². The van der Waals surface area contributed by atoms with Crippen molar-refractivity contribution in [3.63, 3.8) is 0 Å². The first-order valence-electron chi connectivity index (χ1n) is 6.49. The van der Waals surface area contributed by atoms with Crippen molar-refractivity contribution in [3.05, 3.63) is 24.3 Å². The highest BCUT2D eigenvalue weighted by molar-refractivity contribution is 5.54. The maximum atomic E-state index is 3.48. The minimum absolute atomic E-state index is 1.04. The molecule has 1 aliphatic rings. The molecule has 1 saturated heterocycles. The fraction of sp³-hybridized carbons (Fsp3) is 0.571. The quantitative estimate of drug-likeness (QED) is 0.841. The molecule has 0 aromatic heterocycles. The third-order valence-electron chi connectivity index (χ3n) is 3.34. The van der Waals surface area contributed by atoms with Crippen LogP contribution in [-0.4, -0.2) is 45.2 Å². The van der Waals surface area contributed by atoms with Gasteiger partial charge in [-0.1, -0.05) is 0 Å². The summed E-state index contributed by atoms with van der Waals surface area (Å²) < 4.78 is 0. The molecular weight excluding hydrogens is 210 g/mol. The van der Waals surface area contributed by atoms with Gasteiger partial charge in [-0.2, -0.15) is 0 Å². The van der Waals surface area contributed by atoms with E-state index in [0.29, 0.717) is 0 Å². The van der Waals surface area contributed by atoms with Crippen LogP contribution in [0.4, 0.5) is 11.4 Å². The van der Waals surface area contributed by atoms with Crippen molar-refractivity contribution in [1.29, 1.82) is 0 Å². The Morgan fingerprint density at radius 2 is 1.76 bits per heavy atom. The Labute approximate surface area is 104 Å². The van der Waals surface area contributed by atoms with Gasteiger partial charge in [0.15, 0.2) is 0 Å². The largest absolute Gasteiger partial charge is 0.384 e. The summed E-state index contributed by atoms with van der Waals surface area (Å²) in [6, 6.07) is 8.61. The molecule has 17 heavy (non-hydrogen) atoms. The maximum absolute atomic E-state index is 3.48. The van der Waals surface area contributed by atoms with Crippen LogP contribution in [0.15, 0.2) is 24.3 Å². The van der Waals surface area contributed by atoms with Crippen LogP contribution in [0.1, 0.15) is 12.8 Å². The third kappa shape index (κ3) is 3.63. The second-order valence-electron chi connectivity index (χ2n) is 4.92. The van der Waals surface area contributed by atoms with Gasteiger partial charge in [0.25, 0.3) is 0 Å². The van der Waals surface area contributed by atoms with Gasteiger partial charge < -0.3 is 15.1 Å². The van der Waals surface area contributed by atoms with Gasteiger partial charge in [0.1, 0.15) is 0 Å². The lowest BCUT2D eigenvalue weighted by atomic mass is 10.2. The first-order chi connectivity index (χ1) is 8.25. The topological polar surface area (TPSA) is 18.5 Å². The van der Waals surface area contributed by atoms with E-state index in [2.05, 4.69) is 53.5 Å². The first kappa shape index (κ1) is 12.2. The lowest BCUT2D eigenvalue weighted by Gasteiger charge is -2.16. The molecule has 1 aromatic rings. The second kappa shape index (κ2) is 5.92. The highest BCUT2D eigenvalue weighted by Gasteiger charge is 2.09. The number of nitrogens with zero attached hydrogens (tertiary/aromatic N) is 2. The molecule has 0 saturated carbocycles. The molecule has 94 valence electrons. The summed E-state index contributed by atoms with van der Waals surface area (Å²) in [5.74, 6) is 0. The summed E-state index contributed by atoms with van der Waals surface area (Å²) in [7, 11) is 4.13. The molecule has 0 spiro atoms. The summed E-state index contributed by atoms with van der Waals surface area (Å²) in [6.45, 7) is 4.76. The molecule has 0 radical (unpaired) electrons. The van der Waals surface area contributed by atoms with E-state index in [4.69, 9.17) is 0 Å². The molecule has 1 N–H and O–H groups in total. The smallest absolute Gasteiger partial charge is 0.0362 e. The number of hydrogen-bond acceptors (Lipinski definition) is 3. The standard InChI is InChI=1S/C14H23N3/c1-16(2)14-7-5-13(6-8-14)15-9-12-17-10-3-4-11-17/h5-8,15H,3-4,9-12H2,1-2H3. The molecule has 3 heteroatoms. The Balaban J connectivity index is 1.74. The van der Waals surface area contributed by atoms with E-state index in [-0.39, 0.29) is 0 Å². The maximum Gasteiger partial charge on any atom is 0.0362 e. The number of likely N-dealkylation sites (tertiary alicyclic amines) is 1. The summed E-state index contributed by atoms with van der Waals surface area (Å²) in [4.78, 5) is 4.65. The van der Waals surface area contributed by atoms with E-state index in [9.17, 15) is 0 Å². The number of nitrogens with one attached hydrogen (secondary N) is 1. The van der Waals surface area contributed by atoms with Crippen molar-refractivity contribution in [2.24, 2.45) is 0 Å². The van der Waals surface area contributed by atoms with Gasteiger partial charge >= 0.3 is 0 Å². The third-order valence-corrected chi connectivity index (χ3v) is 3.34. The fourth-order valence-electron chi connectivity index (χ4n) is 2.24. The zero-order chi connectivity index (χ0) is 12.1. The normalized spacial score (nSPS) is 16.1. The number of hydrogen-bond donors (Lipinski definition) is 1. The Morgan fingerprint density at radius 3 is 2.35 bits per heavy atom. The molecule has 0 unspecified atom stereocenters. The van der Waals surface area contributed by atoms with Crippen molar-refractivity contribution in [2.75, 3.05) is 50.5 Å². The molecule has 1 aromatic carbocycles.